The summed E-state index contributed by atoms with van der Waals surface area (Å²) >= 11 is 0. The average molecular weight is 415 g/mol. The molecule has 2 saturated heterocycles. The number of nitrogens with zero attached hydrogens (tertiary/aromatic N) is 2. The van der Waals surface area contributed by atoms with Crippen molar-refractivity contribution in [1.29, 1.82) is 0 Å². The molecular weight excluding hydrogens is 380 g/mol. The van der Waals surface area contributed by atoms with Gasteiger partial charge in [0.25, 0.3) is 0 Å². The molecule has 2 heterocycles. The SMILES string of the molecule is CCOc1ccc(CC(=O)N2CCC3(CCC3CC(=O)N3CCOCC3)CC2)cc1. The van der Waals surface area contributed by atoms with Gasteiger partial charge in [-0.2, -0.15) is 0 Å². The molecule has 30 heavy (non-hydrogen) atoms. The summed E-state index contributed by atoms with van der Waals surface area (Å²) in [5, 5.41) is 0. The van der Waals surface area contributed by atoms with Crippen molar-refractivity contribution in [2.24, 2.45) is 11.3 Å². The smallest absolute Gasteiger partial charge is 0.226 e. The van der Waals surface area contributed by atoms with E-state index in [-0.39, 0.29) is 17.2 Å². The summed E-state index contributed by atoms with van der Waals surface area (Å²) in [6.07, 6.45) is 5.52. The zero-order valence-electron chi connectivity index (χ0n) is 18.1. The molecule has 1 aromatic rings. The van der Waals surface area contributed by atoms with Gasteiger partial charge in [0.05, 0.1) is 26.2 Å². The number of hydrogen-bond donors (Lipinski definition) is 0. The third-order valence-electron chi connectivity index (χ3n) is 7.34. The second kappa shape index (κ2) is 9.38. The predicted octanol–water partition coefficient (Wildman–Crippen LogP) is 2.90. The number of hydrogen-bond acceptors (Lipinski definition) is 4. The lowest BCUT2D eigenvalue weighted by Gasteiger charge is -2.54. The molecule has 2 aliphatic heterocycles. The Balaban J connectivity index is 1.25. The van der Waals surface area contributed by atoms with Gasteiger partial charge in [-0.3, -0.25) is 9.59 Å². The molecule has 0 bridgehead atoms. The predicted molar refractivity (Wildman–Crippen MR) is 114 cm³/mol. The van der Waals surface area contributed by atoms with Crippen LogP contribution in [0.3, 0.4) is 0 Å². The van der Waals surface area contributed by atoms with Crippen LogP contribution in [0, 0.1) is 11.3 Å². The van der Waals surface area contributed by atoms with Crippen LogP contribution in [0.5, 0.6) is 5.75 Å². The van der Waals surface area contributed by atoms with Crippen LogP contribution in [0.15, 0.2) is 24.3 Å². The van der Waals surface area contributed by atoms with Crippen molar-refractivity contribution in [3.63, 3.8) is 0 Å². The highest BCUT2D eigenvalue weighted by molar-refractivity contribution is 5.79. The third kappa shape index (κ3) is 4.64. The molecule has 0 radical (unpaired) electrons. The lowest BCUT2D eigenvalue weighted by atomic mass is 9.54. The zero-order valence-corrected chi connectivity index (χ0v) is 18.1. The molecule has 0 N–H and O–H groups in total. The van der Waals surface area contributed by atoms with E-state index in [1.165, 1.54) is 6.42 Å². The van der Waals surface area contributed by atoms with Gasteiger partial charge in [-0.05, 0) is 61.6 Å². The Morgan fingerprint density at radius 2 is 1.67 bits per heavy atom. The van der Waals surface area contributed by atoms with E-state index >= 15 is 0 Å². The largest absolute Gasteiger partial charge is 0.494 e. The molecule has 1 spiro atoms. The Kier molecular flexibility index (Phi) is 6.61. The van der Waals surface area contributed by atoms with Gasteiger partial charge in [0.15, 0.2) is 0 Å². The first-order valence-corrected chi connectivity index (χ1v) is 11.4. The summed E-state index contributed by atoms with van der Waals surface area (Å²) < 4.78 is 10.8. The minimum atomic E-state index is 0.203. The molecular formula is C24H34N2O4. The Labute approximate surface area is 179 Å². The average Bonchev–Trinajstić information content (AvgIpc) is 2.78. The van der Waals surface area contributed by atoms with Crippen molar-refractivity contribution < 1.29 is 19.1 Å². The highest BCUT2D eigenvalue weighted by Crippen LogP contribution is 2.55. The minimum absolute atomic E-state index is 0.203. The van der Waals surface area contributed by atoms with Gasteiger partial charge >= 0.3 is 0 Å². The Morgan fingerprint density at radius 3 is 2.27 bits per heavy atom. The molecule has 6 nitrogen and oxygen atoms in total. The van der Waals surface area contributed by atoms with Crippen LogP contribution in [0.4, 0.5) is 0 Å². The molecule has 1 saturated carbocycles. The van der Waals surface area contributed by atoms with Crippen molar-refractivity contribution in [2.75, 3.05) is 46.0 Å². The first kappa shape index (κ1) is 21.2. The van der Waals surface area contributed by atoms with Crippen LogP contribution in [0.2, 0.25) is 0 Å². The van der Waals surface area contributed by atoms with Crippen molar-refractivity contribution >= 4 is 11.8 Å². The Bertz CT molecular complexity index is 734. The van der Waals surface area contributed by atoms with Gasteiger partial charge in [-0.1, -0.05) is 12.1 Å². The maximum Gasteiger partial charge on any atom is 0.226 e. The fourth-order valence-corrected chi connectivity index (χ4v) is 5.24. The van der Waals surface area contributed by atoms with Crippen LogP contribution in [-0.4, -0.2) is 67.6 Å². The van der Waals surface area contributed by atoms with Crippen molar-refractivity contribution in [2.45, 2.75) is 45.4 Å². The molecule has 2 amide bonds. The highest BCUT2D eigenvalue weighted by atomic mass is 16.5. The van der Waals surface area contributed by atoms with Crippen molar-refractivity contribution in [1.82, 2.24) is 9.80 Å². The summed E-state index contributed by atoms with van der Waals surface area (Å²) in [6, 6.07) is 7.82. The third-order valence-corrected chi connectivity index (χ3v) is 7.34. The number of carbonyl (C=O) groups is 2. The van der Waals surface area contributed by atoms with Crippen LogP contribution in [-0.2, 0) is 20.7 Å². The van der Waals surface area contributed by atoms with Crippen LogP contribution in [0.1, 0.15) is 44.6 Å². The number of carbonyl (C=O) groups excluding carboxylic acids is 2. The molecule has 1 aliphatic carbocycles. The van der Waals surface area contributed by atoms with E-state index in [0.29, 0.717) is 38.6 Å². The van der Waals surface area contributed by atoms with Gasteiger partial charge in [0.1, 0.15) is 5.75 Å². The molecule has 6 heteroatoms. The molecule has 1 atom stereocenters. The lowest BCUT2D eigenvalue weighted by molar-refractivity contribution is -0.144. The van der Waals surface area contributed by atoms with E-state index in [2.05, 4.69) is 0 Å². The number of likely N-dealkylation sites (tertiary alicyclic amines) is 1. The molecule has 4 rings (SSSR count). The summed E-state index contributed by atoms with van der Waals surface area (Å²) in [7, 11) is 0. The molecule has 3 fully saturated rings. The van der Waals surface area contributed by atoms with E-state index in [1.807, 2.05) is 41.0 Å². The number of morpholine rings is 1. The van der Waals surface area contributed by atoms with Crippen LogP contribution in [0.25, 0.3) is 0 Å². The molecule has 3 aliphatic rings. The molecule has 0 aromatic heterocycles. The number of piperidine rings is 1. The van der Waals surface area contributed by atoms with Crippen molar-refractivity contribution in [3.05, 3.63) is 29.8 Å². The first-order valence-electron chi connectivity index (χ1n) is 11.4. The molecule has 164 valence electrons. The zero-order chi connectivity index (χ0) is 21.0. The topological polar surface area (TPSA) is 59.1 Å². The van der Waals surface area contributed by atoms with Crippen molar-refractivity contribution in [3.8, 4) is 5.75 Å². The van der Waals surface area contributed by atoms with Gasteiger partial charge < -0.3 is 19.3 Å². The van der Waals surface area contributed by atoms with E-state index in [9.17, 15) is 9.59 Å². The second-order valence-electron chi connectivity index (χ2n) is 8.93. The summed E-state index contributed by atoms with van der Waals surface area (Å²) in [6.45, 7) is 7.02. The fraction of sp³-hybridized carbons (Fsp3) is 0.667. The Morgan fingerprint density at radius 1 is 1.00 bits per heavy atom. The standard InChI is InChI=1S/C24H34N2O4/c1-2-30-21-5-3-19(4-6-21)17-22(27)25-11-9-24(10-12-25)8-7-20(24)18-23(28)26-13-15-29-16-14-26/h3-6,20H,2,7-18H2,1H3. The monoisotopic (exact) mass is 414 g/mol. The fourth-order valence-electron chi connectivity index (χ4n) is 5.24. The Hall–Kier alpha value is -2.08. The second-order valence-corrected chi connectivity index (χ2v) is 8.93. The van der Waals surface area contributed by atoms with E-state index in [0.717, 1.165) is 56.8 Å². The summed E-state index contributed by atoms with van der Waals surface area (Å²) in [5.74, 6) is 1.82. The van der Waals surface area contributed by atoms with Gasteiger partial charge in [0, 0.05) is 32.6 Å². The number of amides is 2. The highest BCUT2D eigenvalue weighted by Gasteiger charge is 2.49. The first-order chi connectivity index (χ1) is 14.6. The van der Waals surface area contributed by atoms with E-state index in [1.54, 1.807) is 0 Å². The molecule has 1 aromatic carbocycles. The normalized spacial score (nSPS) is 23.2. The lowest BCUT2D eigenvalue weighted by Crippen LogP contribution is -2.52. The number of ether oxygens (including phenoxy) is 2. The van der Waals surface area contributed by atoms with E-state index < -0.39 is 0 Å². The van der Waals surface area contributed by atoms with Gasteiger partial charge in [-0.15, -0.1) is 0 Å². The number of rotatable bonds is 6. The number of benzene rings is 1. The van der Waals surface area contributed by atoms with Gasteiger partial charge in [-0.25, -0.2) is 0 Å². The summed E-state index contributed by atoms with van der Waals surface area (Å²) in [5.41, 5.74) is 1.30. The summed E-state index contributed by atoms with van der Waals surface area (Å²) in [4.78, 5) is 29.4. The van der Waals surface area contributed by atoms with E-state index in [4.69, 9.17) is 9.47 Å². The minimum Gasteiger partial charge on any atom is -0.494 e. The molecule has 1 unspecified atom stereocenters. The van der Waals surface area contributed by atoms with Gasteiger partial charge in [0.2, 0.25) is 11.8 Å². The van der Waals surface area contributed by atoms with Crippen LogP contribution < -0.4 is 4.74 Å². The van der Waals surface area contributed by atoms with Crippen LogP contribution >= 0.6 is 0 Å². The quantitative estimate of drug-likeness (QED) is 0.718. The maximum absolute atomic E-state index is 12.8. The maximum atomic E-state index is 12.8.